The van der Waals surface area contributed by atoms with Gasteiger partial charge in [-0.3, -0.25) is 4.79 Å². The monoisotopic (exact) mass is 284 g/mol. The predicted molar refractivity (Wildman–Crippen MR) is 85.3 cm³/mol. The normalized spacial score (nSPS) is 10.2. The second kappa shape index (κ2) is 7.45. The van der Waals surface area contributed by atoms with Crippen molar-refractivity contribution in [2.75, 3.05) is 17.2 Å². The van der Waals surface area contributed by atoms with Crippen LogP contribution in [0.3, 0.4) is 0 Å². The Hall–Kier alpha value is -2.33. The first-order valence-corrected chi connectivity index (χ1v) is 6.97. The van der Waals surface area contributed by atoms with Crippen LogP contribution in [0, 0.1) is 0 Å². The second-order valence-electron chi connectivity index (χ2n) is 4.90. The number of nitrogens with one attached hydrogen (secondary N) is 2. The predicted octanol–water partition coefficient (Wildman–Crippen LogP) is 2.79. The number of rotatable bonds is 6. The maximum atomic E-state index is 10.9. The molecule has 0 atom stereocenters. The zero-order valence-electron chi connectivity index (χ0n) is 12.1. The van der Waals surface area contributed by atoms with Gasteiger partial charge in [0.05, 0.1) is 0 Å². The molecule has 0 aliphatic rings. The summed E-state index contributed by atoms with van der Waals surface area (Å²) in [5.74, 6) is -0.0659. The maximum absolute atomic E-state index is 10.9. The number of anilines is 2. The number of hydrogen-bond donors (Lipinski definition) is 3. The number of aliphatic hydroxyl groups is 1. The molecule has 0 heterocycles. The lowest BCUT2D eigenvalue weighted by molar-refractivity contribution is -0.114. The summed E-state index contributed by atoms with van der Waals surface area (Å²) < 4.78 is 0. The van der Waals surface area contributed by atoms with Gasteiger partial charge in [-0.1, -0.05) is 24.3 Å². The van der Waals surface area contributed by atoms with Crippen LogP contribution < -0.4 is 10.6 Å². The van der Waals surface area contributed by atoms with Crippen LogP contribution in [-0.2, 0) is 17.8 Å². The summed E-state index contributed by atoms with van der Waals surface area (Å²) in [6, 6.07) is 15.8. The molecule has 1 amide bonds. The third kappa shape index (κ3) is 4.93. The Bertz CT molecular complexity index is 577. The van der Waals surface area contributed by atoms with Crippen molar-refractivity contribution in [3.05, 3.63) is 59.7 Å². The molecule has 110 valence electrons. The first-order valence-electron chi connectivity index (χ1n) is 6.97. The van der Waals surface area contributed by atoms with E-state index in [9.17, 15) is 4.79 Å². The first kappa shape index (κ1) is 15.1. The van der Waals surface area contributed by atoms with E-state index in [1.54, 1.807) is 0 Å². The number of aliphatic hydroxyl groups excluding tert-OH is 1. The molecule has 0 spiro atoms. The Morgan fingerprint density at radius 2 is 1.52 bits per heavy atom. The van der Waals surface area contributed by atoms with Gasteiger partial charge >= 0.3 is 0 Å². The quantitative estimate of drug-likeness (QED) is 0.764. The Morgan fingerprint density at radius 3 is 2.10 bits per heavy atom. The summed E-state index contributed by atoms with van der Waals surface area (Å²) >= 11 is 0. The van der Waals surface area contributed by atoms with Crippen molar-refractivity contribution in [1.82, 2.24) is 0 Å². The van der Waals surface area contributed by atoms with Crippen molar-refractivity contribution in [3.8, 4) is 0 Å². The summed E-state index contributed by atoms with van der Waals surface area (Å²) in [7, 11) is 0. The molecule has 21 heavy (non-hydrogen) atoms. The van der Waals surface area contributed by atoms with Gasteiger partial charge in [-0.05, 0) is 41.8 Å². The SMILES string of the molecule is CC(=O)Nc1ccc(CNc2ccc(CCO)cc2)cc1. The van der Waals surface area contributed by atoms with E-state index in [2.05, 4.69) is 10.6 Å². The minimum Gasteiger partial charge on any atom is -0.396 e. The van der Waals surface area contributed by atoms with E-state index in [1.807, 2.05) is 48.5 Å². The first-order chi connectivity index (χ1) is 10.2. The highest BCUT2D eigenvalue weighted by molar-refractivity contribution is 5.88. The third-order valence-electron chi connectivity index (χ3n) is 3.13. The summed E-state index contributed by atoms with van der Waals surface area (Å²) in [6.07, 6.45) is 0.685. The molecule has 3 N–H and O–H groups in total. The Labute approximate surface area is 124 Å². The average molecular weight is 284 g/mol. The molecule has 0 aliphatic carbocycles. The molecule has 0 saturated carbocycles. The van der Waals surface area contributed by atoms with Crippen molar-refractivity contribution in [2.24, 2.45) is 0 Å². The molecular formula is C17H20N2O2. The number of carbonyl (C=O) groups excluding carboxylic acids is 1. The average Bonchev–Trinajstić information content (AvgIpc) is 2.48. The van der Waals surface area contributed by atoms with E-state index in [0.717, 1.165) is 29.0 Å². The maximum Gasteiger partial charge on any atom is 0.221 e. The second-order valence-corrected chi connectivity index (χ2v) is 4.90. The fourth-order valence-electron chi connectivity index (χ4n) is 2.03. The molecule has 2 aromatic carbocycles. The van der Waals surface area contributed by atoms with E-state index in [4.69, 9.17) is 5.11 Å². The van der Waals surface area contributed by atoms with Crippen LogP contribution in [0.2, 0.25) is 0 Å². The van der Waals surface area contributed by atoms with Gasteiger partial charge in [-0.25, -0.2) is 0 Å². The van der Waals surface area contributed by atoms with Crippen LogP contribution in [0.1, 0.15) is 18.1 Å². The van der Waals surface area contributed by atoms with Crippen molar-refractivity contribution in [1.29, 1.82) is 0 Å². The van der Waals surface area contributed by atoms with E-state index in [0.29, 0.717) is 6.42 Å². The summed E-state index contributed by atoms with van der Waals surface area (Å²) in [5, 5.41) is 15.0. The Balaban J connectivity index is 1.88. The highest BCUT2D eigenvalue weighted by atomic mass is 16.2. The summed E-state index contributed by atoms with van der Waals surface area (Å²) in [5.41, 5.74) is 4.12. The Morgan fingerprint density at radius 1 is 0.952 bits per heavy atom. The van der Waals surface area contributed by atoms with Gasteiger partial charge in [0.1, 0.15) is 0 Å². The highest BCUT2D eigenvalue weighted by Gasteiger charge is 1.98. The standard InChI is InChI=1S/C17H20N2O2/c1-13(21)19-17-8-4-15(5-9-17)12-18-16-6-2-14(3-7-16)10-11-20/h2-9,18,20H,10-12H2,1H3,(H,19,21). The number of amides is 1. The van der Waals surface area contributed by atoms with Crippen LogP contribution in [0.15, 0.2) is 48.5 Å². The zero-order valence-corrected chi connectivity index (χ0v) is 12.1. The lowest BCUT2D eigenvalue weighted by Gasteiger charge is -2.08. The summed E-state index contributed by atoms with van der Waals surface area (Å²) in [6.45, 7) is 2.39. The van der Waals surface area contributed by atoms with Crippen LogP contribution in [0.4, 0.5) is 11.4 Å². The van der Waals surface area contributed by atoms with Gasteiger partial charge in [0.15, 0.2) is 0 Å². The molecule has 0 fully saturated rings. The molecule has 4 nitrogen and oxygen atoms in total. The van der Waals surface area contributed by atoms with Gasteiger partial charge in [-0.2, -0.15) is 0 Å². The number of hydrogen-bond acceptors (Lipinski definition) is 3. The molecule has 0 unspecified atom stereocenters. The number of benzene rings is 2. The zero-order chi connectivity index (χ0) is 15.1. The minimum atomic E-state index is -0.0659. The summed E-state index contributed by atoms with van der Waals surface area (Å²) in [4.78, 5) is 10.9. The molecule has 2 rings (SSSR count). The van der Waals surface area contributed by atoms with Crippen LogP contribution in [-0.4, -0.2) is 17.6 Å². The minimum absolute atomic E-state index is 0.0659. The van der Waals surface area contributed by atoms with Gasteiger partial charge in [0.25, 0.3) is 0 Å². The van der Waals surface area contributed by atoms with E-state index < -0.39 is 0 Å². The van der Waals surface area contributed by atoms with Crippen LogP contribution in [0.25, 0.3) is 0 Å². The van der Waals surface area contributed by atoms with Gasteiger partial charge in [0, 0.05) is 31.5 Å². The lowest BCUT2D eigenvalue weighted by Crippen LogP contribution is -2.06. The largest absolute Gasteiger partial charge is 0.396 e. The molecule has 0 aromatic heterocycles. The van der Waals surface area contributed by atoms with Crippen molar-refractivity contribution < 1.29 is 9.90 Å². The van der Waals surface area contributed by atoms with Gasteiger partial charge in [0.2, 0.25) is 5.91 Å². The molecule has 0 aliphatic heterocycles. The molecule has 0 saturated heterocycles. The fraction of sp³-hybridized carbons (Fsp3) is 0.235. The van der Waals surface area contributed by atoms with E-state index >= 15 is 0 Å². The molecule has 4 heteroatoms. The van der Waals surface area contributed by atoms with Crippen molar-refractivity contribution in [3.63, 3.8) is 0 Å². The smallest absolute Gasteiger partial charge is 0.221 e. The molecule has 2 aromatic rings. The number of carbonyl (C=O) groups is 1. The van der Waals surface area contributed by atoms with E-state index in [-0.39, 0.29) is 12.5 Å². The molecule has 0 radical (unpaired) electrons. The van der Waals surface area contributed by atoms with Gasteiger partial charge < -0.3 is 15.7 Å². The third-order valence-corrected chi connectivity index (χ3v) is 3.13. The van der Waals surface area contributed by atoms with Crippen molar-refractivity contribution >= 4 is 17.3 Å². The molecule has 0 bridgehead atoms. The topological polar surface area (TPSA) is 61.4 Å². The van der Waals surface area contributed by atoms with E-state index in [1.165, 1.54) is 6.92 Å². The Kier molecular flexibility index (Phi) is 5.35. The highest BCUT2D eigenvalue weighted by Crippen LogP contribution is 2.13. The van der Waals surface area contributed by atoms with Crippen LogP contribution >= 0.6 is 0 Å². The molecular weight excluding hydrogens is 264 g/mol. The van der Waals surface area contributed by atoms with Crippen LogP contribution in [0.5, 0.6) is 0 Å². The van der Waals surface area contributed by atoms with Crippen molar-refractivity contribution in [2.45, 2.75) is 19.9 Å². The lowest BCUT2D eigenvalue weighted by atomic mass is 10.1. The fourth-order valence-corrected chi connectivity index (χ4v) is 2.03. The van der Waals surface area contributed by atoms with Gasteiger partial charge in [-0.15, -0.1) is 0 Å².